The van der Waals surface area contributed by atoms with Crippen LogP contribution < -0.4 is 10.2 Å². The molecule has 0 saturated heterocycles. The lowest BCUT2D eigenvalue weighted by molar-refractivity contribution is 0.471. The van der Waals surface area contributed by atoms with E-state index in [9.17, 15) is 0 Å². The first-order valence-corrected chi connectivity index (χ1v) is 7.15. The highest BCUT2D eigenvalue weighted by atomic mass is 15.1. The zero-order valence-corrected chi connectivity index (χ0v) is 11.7. The molecule has 1 aliphatic rings. The van der Waals surface area contributed by atoms with Gasteiger partial charge < -0.3 is 10.2 Å². The van der Waals surface area contributed by atoms with Crippen molar-refractivity contribution in [1.29, 1.82) is 0 Å². The van der Waals surface area contributed by atoms with Gasteiger partial charge in [0.2, 0.25) is 0 Å². The maximum absolute atomic E-state index is 4.25. The molecule has 0 radical (unpaired) electrons. The average molecular weight is 247 g/mol. The molecule has 1 heterocycles. The molecule has 3 nitrogen and oxygen atoms in total. The van der Waals surface area contributed by atoms with Gasteiger partial charge in [-0.25, -0.2) is 0 Å². The highest BCUT2D eigenvalue weighted by Crippen LogP contribution is 2.26. The summed E-state index contributed by atoms with van der Waals surface area (Å²) >= 11 is 0. The number of pyridine rings is 1. The van der Waals surface area contributed by atoms with Gasteiger partial charge in [-0.3, -0.25) is 4.98 Å². The van der Waals surface area contributed by atoms with Gasteiger partial charge in [-0.15, -0.1) is 0 Å². The monoisotopic (exact) mass is 247 g/mol. The Balaban J connectivity index is 2.02. The van der Waals surface area contributed by atoms with E-state index in [1.54, 1.807) is 0 Å². The molecular formula is C15H25N3. The highest BCUT2D eigenvalue weighted by molar-refractivity contribution is 5.68. The summed E-state index contributed by atoms with van der Waals surface area (Å²) in [5.41, 5.74) is 2.40. The van der Waals surface area contributed by atoms with Crippen molar-refractivity contribution in [2.75, 3.05) is 24.3 Å². The minimum Gasteiger partial charge on any atom is -0.379 e. The normalized spacial score (nSPS) is 17.9. The van der Waals surface area contributed by atoms with E-state index < -0.39 is 0 Å². The second kappa shape index (κ2) is 6.62. The fourth-order valence-electron chi connectivity index (χ4n) is 2.71. The first-order chi connectivity index (χ1) is 8.77. The van der Waals surface area contributed by atoms with Gasteiger partial charge in [0.1, 0.15) is 0 Å². The molecule has 1 aliphatic carbocycles. The van der Waals surface area contributed by atoms with Gasteiger partial charge in [-0.1, -0.05) is 32.1 Å². The van der Waals surface area contributed by atoms with E-state index >= 15 is 0 Å². The number of hydrogen-bond donors (Lipinski definition) is 1. The Kier molecular flexibility index (Phi) is 4.85. The Morgan fingerprint density at radius 3 is 2.44 bits per heavy atom. The number of rotatable bonds is 3. The molecule has 1 fully saturated rings. The lowest BCUT2D eigenvalue weighted by Gasteiger charge is -2.25. The average Bonchev–Trinajstić information content (AvgIpc) is 2.33. The van der Waals surface area contributed by atoms with Crippen molar-refractivity contribution in [1.82, 2.24) is 4.98 Å². The summed E-state index contributed by atoms with van der Waals surface area (Å²) < 4.78 is 0. The van der Waals surface area contributed by atoms with Crippen LogP contribution in [0.2, 0.25) is 0 Å². The van der Waals surface area contributed by atoms with Crippen LogP contribution in [-0.2, 0) is 0 Å². The summed E-state index contributed by atoms with van der Waals surface area (Å²) in [4.78, 5) is 6.39. The van der Waals surface area contributed by atoms with Crippen LogP contribution in [0.1, 0.15) is 44.9 Å². The predicted molar refractivity (Wildman–Crippen MR) is 78.3 cm³/mol. The van der Waals surface area contributed by atoms with Crippen molar-refractivity contribution in [2.24, 2.45) is 0 Å². The molecule has 0 amide bonds. The maximum Gasteiger partial charge on any atom is 0.0766 e. The SMILES string of the molecule is CN(C)c1ccncc1NC1CCCCCCC1. The molecule has 0 bridgehead atoms. The van der Waals surface area contributed by atoms with Crippen LogP contribution >= 0.6 is 0 Å². The standard InChI is InChI=1S/C15H25N3/c1-18(2)15-10-11-16-12-14(15)17-13-8-6-4-3-5-7-9-13/h10-13,17H,3-9H2,1-2H3. The molecular weight excluding hydrogens is 222 g/mol. The quantitative estimate of drug-likeness (QED) is 0.883. The number of nitrogens with one attached hydrogen (secondary N) is 1. The Labute approximate surface area is 111 Å². The lowest BCUT2D eigenvalue weighted by atomic mass is 9.96. The molecule has 1 aromatic rings. The van der Waals surface area contributed by atoms with Crippen molar-refractivity contribution in [3.05, 3.63) is 18.5 Å². The van der Waals surface area contributed by atoms with Crippen molar-refractivity contribution in [2.45, 2.75) is 51.0 Å². The van der Waals surface area contributed by atoms with Crippen LogP contribution in [0.5, 0.6) is 0 Å². The van der Waals surface area contributed by atoms with Gasteiger partial charge in [0.15, 0.2) is 0 Å². The second-order valence-electron chi connectivity index (χ2n) is 5.47. The number of nitrogens with zero attached hydrogens (tertiary/aromatic N) is 2. The number of hydrogen-bond acceptors (Lipinski definition) is 3. The van der Waals surface area contributed by atoms with Crippen LogP contribution in [0, 0.1) is 0 Å². The van der Waals surface area contributed by atoms with Crippen LogP contribution in [0.25, 0.3) is 0 Å². The molecule has 2 rings (SSSR count). The van der Waals surface area contributed by atoms with Crippen molar-refractivity contribution in [3.8, 4) is 0 Å². The fraction of sp³-hybridized carbons (Fsp3) is 0.667. The van der Waals surface area contributed by atoms with Crippen molar-refractivity contribution in [3.63, 3.8) is 0 Å². The molecule has 18 heavy (non-hydrogen) atoms. The van der Waals surface area contributed by atoms with Crippen LogP contribution in [0.15, 0.2) is 18.5 Å². The van der Waals surface area contributed by atoms with Crippen LogP contribution in [-0.4, -0.2) is 25.1 Å². The fourth-order valence-corrected chi connectivity index (χ4v) is 2.71. The van der Waals surface area contributed by atoms with Gasteiger partial charge >= 0.3 is 0 Å². The largest absolute Gasteiger partial charge is 0.379 e. The molecule has 3 heteroatoms. The molecule has 0 aliphatic heterocycles. The van der Waals surface area contributed by atoms with E-state index in [0.717, 1.165) is 0 Å². The third kappa shape index (κ3) is 3.62. The zero-order valence-electron chi connectivity index (χ0n) is 11.7. The topological polar surface area (TPSA) is 28.2 Å². The summed E-state index contributed by atoms with van der Waals surface area (Å²) in [5, 5.41) is 3.69. The van der Waals surface area contributed by atoms with Gasteiger partial charge in [0.25, 0.3) is 0 Å². The third-order valence-electron chi connectivity index (χ3n) is 3.74. The zero-order chi connectivity index (χ0) is 12.8. The third-order valence-corrected chi connectivity index (χ3v) is 3.74. The Morgan fingerprint density at radius 1 is 1.11 bits per heavy atom. The van der Waals surface area contributed by atoms with E-state index in [4.69, 9.17) is 0 Å². The van der Waals surface area contributed by atoms with E-state index in [-0.39, 0.29) is 0 Å². The first kappa shape index (κ1) is 13.2. The van der Waals surface area contributed by atoms with Gasteiger partial charge in [0, 0.05) is 26.3 Å². The van der Waals surface area contributed by atoms with Gasteiger partial charge in [-0.05, 0) is 18.9 Å². The van der Waals surface area contributed by atoms with E-state index in [2.05, 4.69) is 35.4 Å². The number of aromatic nitrogens is 1. The molecule has 100 valence electrons. The van der Waals surface area contributed by atoms with Crippen LogP contribution in [0.3, 0.4) is 0 Å². The summed E-state index contributed by atoms with van der Waals surface area (Å²) in [6.07, 6.45) is 13.3. The minimum absolute atomic E-state index is 0.619. The molecule has 0 aromatic carbocycles. The molecule has 0 atom stereocenters. The van der Waals surface area contributed by atoms with Gasteiger partial charge in [-0.2, -0.15) is 0 Å². The molecule has 1 aromatic heterocycles. The van der Waals surface area contributed by atoms with E-state index in [1.165, 1.54) is 56.3 Å². The summed E-state index contributed by atoms with van der Waals surface area (Å²) in [5.74, 6) is 0. The second-order valence-corrected chi connectivity index (χ2v) is 5.47. The smallest absolute Gasteiger partial charge is 0.0766 e. The first-order valence-electron chi connectivity index (χ1n) is 7.15. The Bertz CT molecular complexity index is 355. The van der Waals surface area contributed by atoms with E-state index in [0.29, 0.717) is 6.04 Å². The molecule has 0 unspecified atom stereocenters. The van der Waals surface area contributed by atoms with E-state index in [1.807, 2.05) is 12.4 Å². The maximum atomic E-state index is 4.25. The summed E-state index contributed by atoms with van der Waals surface area (Å²) in [6.45, 7) is 0. The van der Waals surface area contributed by atoms with Crippen molar-refractivity contribution < 1.29 is 0 Å². The lowest BCUT2D eigenvalue weighted by Crippen LogP contribution is -2.22. The minimum atomic E-state index is 0.619. The highest BCUT2D eigenvalue weighted by Gasteiger charge is 2.13. The van der Waals surface area contributed by atoms with Crippen LogP contribution in [0.4, 0.5) is 11.4 Å². The number of anilines is 2. The molecule has 1 N–H and O–H groups in total. The molecule has 1 saturated carbocycles. The summed E-state index contributed by atoms with van der Waals surface area (Å²) in [7, 11) is 4.16. The Morgan fingerprint density at radius 2 is 1.78 bits per heavy atom. The predicted octanol–water partition coefficient (Wildman–Crippen LogP) is 3.67. The summed E-state index contributed by atoms with van der Waals surface area (Å²) in [6, 6.07) is 2.69. The Hall–Kier alpha value is -1.25. The van der Waals surface area contributed by atoms with Crippen molar-refractivity contribution >= 4 is 11.4 Å². The van der Waals surface area contributed by atoms with Gasteiger partial charge in [0.05, 0.1) is 17.6 Å². The molecule has 0 spiro atoms.